The third-order valence-electron chi connectivity index (χ3n) is 12.9. The first-order valence-corrected chi connectivity index (χ1v) is 21.5. The first-order valence-electron chi connectivity index (χ1n) is 21.5. The van der Waals surface area contributed by atoms with Crippen molar-refractivity contribution in [2.24, 2.45) is 5.41 Å². The predicted molar refractivity (Wildman–Crippen MR) is 248 cm³/mol. The summed E-state index contributed by atoms with van der Waals surface area (Å²) in [6.45, 7) is 12.1. The summed E-state index contributed by atoms with van der Waals surface area (Å²) < 4.78 is 189. The molecule has 1 aliphatic heterocycles. The molecule has 0 amide bonds. The number of hydrogen-bond donors (Lipinski definition) is 0. The second kappa shape index (κ2) is 17.8. The third-order valence-corrected chi connectivity index (χ3v) is 12.9. The number of hydrogen-bond acceptors (Lipinski definition) is 2. The van der Waals surface area contributed by atoms with Crippen LogP contribution in [-0.4, -0.2) is 32.3 Å². The summed E-state index contributed by atoms with van der Waals surface area (Å²) in [5, 5.41) is 1.65. The lowest BCUT2D eigenvalue weighted by molar-refractivity contribution is -0.945. The van der Waals surface area contributed by atoms with Gasteiger partial charge in [0.25, 0.3) is 0 Å². The molecule has 0 saturated carbocycles. The molecular weight excluding hydrogens is 990 g/mol. The molecule has 16 heteroatoms. The van der Waals surface area contributed by atoms with E-state index in [4.69, 9.17) is 9.47 Å². The number of benzene rings is 5. The molecule has 0 aromatic heterocycles. The van der Waals surface area contributed by atoms with Crippen molar-refractivity contribution in [1.29, 1.82) is 0 Å². The maximum Gasteiger partial charge on any atom is 0.416 e. The first-order chi connectivity index (χ1) is 31.2. The van der Waals surface area contributed by atoms with Crippen molar-refractivity contribution in [3.8, 4) is 16.9 Å². The van der Waals surface area contributed by atoms with E-state index >= 15 is 0 Å². The van der Waals surface area contributed by atoms with Crippen molar-refractivity contribution in [2.45, 2.75) is 91.2 Å². The number of likely N-dealkylation sites (N-methyl/N-ethyl adjacent to an activating group) is 1. The average Bonchev–Trinajstić information content (AvgIpc) is 3.35. The molecule has 69 heavy (non-hydrogen) atoms. The molecule has 3 nitrogen and oxygen atoms in total. The highest BCUT2D eigenvalue weighted by Crippen LogP contribution is 2.55. The van der Waals surface area contributed by atoms with Crippen LogP contribution in [-0.2, 0) is 41.4 Å². The van der Waals surface area contributed by atoms with Gasteiger partial charge in [-0.15, -0.1) is 17.0 Å². The molecule has 7 rings (SSSR count). The fraction of sp³-hybridized carbons (Fsp3) is 0.358. The number of alkyl halides is 12. The first kappa shape index (κ1) is 53.0. The van der Waals surface area contributed by atoms with Crippen LogP contribution in [0.4, 0.5) is 52.7 Å². The van der Waals surface area contributed by atoms with Gasteiger partial charge >= 0.3 is 24.7 Å². The maximum atomic E-state index is 14.7. The van der Waals surface area contributed by atoms with Crippen LogP contribution in [0.3, 0.4) is 0 Å². The quantitative estimate of drug-likeness (QED) is 0.0959. The SMILES string of the molecule is Br.COC1=C(C(C)(C)C)[C+]=C2C(=C1c1cc(C(F)(F)F)cc(C(F)(F)F)c1)C[N@@+](C)(C(C)c1cccc3ccccc13)Cc1c2cc(C(C)(C)C)c(OC)c1-c1cc(C(F)(F)F)cc(C(F)(F)F)c1. The van der Waals surface area contributed by atoms with Gasteiger partial charge in [-0.05, 0) is 71.1 Å². The van der Waals surface area contributed by atoms with Crippen molar-refractivity contribution < 1.29 is 66.6 Å². The minimum atomic E-state index is -5.23. The van der Waals surface area contributed by atoms with Gasteiger partial charge in [0, 0.05) is 33.7 Å². The highest BCUT2D eigenvalue weighted by atomic mass is 79.9. The van der Waals surface area contributed by atoms with Crippen molar-refractivity contribution in [3.05, 3.63) is 158 Å². The van der Waals surface area contributed by atoms with Crippen LogP contribution in [0.1, 0.15) is 105 Å². The largest absolute Gasteiger partial charge is 0.496 e. The molecule has 0 bridgehead atoms. The zero-order chi connectivity index (χ0) is 50.5. The van der Waals surface area contributed by atoms with Gasteiger partial charge in [-0.3, -0.25) is 0 Å². The van der Waals surface area contributed by atoms with Gasteiger partial charge in [0.2, 0.25) is 5.76 Å². The number of quaternary nitrogens is 1. The van der Waals surface area contributed by atoms with E-state index in [9.17, 15) is 52.7 Å². The Hall–Kier alpha value is -5.31. The lowest BCUT2D eigenvalue weighted by atomic mass is 9.73. The minimum absolute atomic E-state index is 0. The van der Waals surface area contributed by atoms with E-state index in [1.165, 1.54) is 14.2 Å². The highest BCUT2D eigenvalue weighted by Gasteiger charge is 2.50. The summed E-state index contributed by atoms with van der Waals surface area (Å²) in [6, 6.07) is 16.7. The zero-order valence-electron chi connectivity index (χ0n) is 39.3. The number of fused-ring (bicyclic) bond motifs is 4. The van der Waals surface area contributed by atoms with Crippen molar-refractivity contribution in [3.63, 3.8) is 0 Å². The smallest absolute Gasteiger partial charge is 0.416 e. The summed E-state index contributed by atoms with van der Waals surface area (Å²) in [5.74, 6) is -0.0806. The molecule has 0 fully saturated rings. The van der Waals surface area contributed by atoms with Crippen LogP contribution in [0.25, 0.3) is 33.0 Å². The molecule has 0 N–H and O–H groups in total. The van der Waals surface area contributed by atoms with Gasteiger partial charge in [0.1, 0.15) is 41.6 Å². The van der Waals surface area contributed by atoms with Gasteiger partial charge in [-0.25, -0.2) is 0 Å². The van der Waals surface area contributed by atoms with Crippen LogP contribution in [0, 0.1) is 11.5 Å². The van der Waals surface area contributed by atoms with Gasteiger partial charge in [0.15, 0.2) is 5.57 Å². The molecule has 5 aromatic carbocycles. The normalized spacial score (nSPS) is 17.6. The molecule has 0 saturated heterocycles. The summed E-state index contributed by atoms with van der Waals surface area (Å²) in [6.07, 6.45) is -17.5. The molecule has 1 unspecified atom stereocenters. The minimum Gasteiger partial charge on any atom is -0.496 e. The fourth-order valence-corrected chi connectivity index (χ4v) is 9.44. The summed E-state index contributed by atoms with van der Waals surface area (Å²) in [4.78, 5) is 0. The fourth-order valence-electron chi connectivity index (χ4n) is 9.44. The van der Waals surface area contributed by atoms with Crippen LogP contribution in [0.2, 0.25) is 0 Å². The third kappa shape index (κ3) is 10.0. The summed E-state index contributed by atoms with van der Waals surface area (Å²) >= 11 is 0. The molecule has 0 spiro atoms. The molecule has 5 aromatic rings. The summed E-state index contributed by atoms with van der Waals surface area (Å²) in [5.41, 5.74) is -7.27. The van der Waals surface area contributed by atoms with E-state index in [1.807, 2.05) is 49.4 Å². The Morgan fingerprint density at radius 1 is 0.594 bits per heavy atom. The number of halogens is 13. The Morgan fingerprint density at radius 2 is 1.09 bits per heavy atom. The number of rotatable bonds is 6. The monoisotopic (exact) mass is 1040 g/mol. The Bertz CT molecular complexity index is 2850. The molecule has 0 radical (unpaired) electrons. The molecular formula is C53H50BrF12NO2+2. The van der Waals surface area contributed by atoms with E-state index in [-0.39, 0.29) is 97.2 Å². The number of allylic oxidation sites excluding steroid dienone is 3. The molecule has 2 aliphatic rings. The van der Waals surface area contributed by atoms with Gasteiger partial charge in [0.05, 0.1) is 54.6 Å². The molecule has 1 heterocycles. The van der Waals surface area contributed by atoms with E-state index < -0.39 is 75.0 Å². The van der Waals surface area contributed by atoms with Gasteiger partial charge in [-0.2, -0.15) is 52.7 Å². The topological polar surface area (TPSA) is 18.5 Å². The lowest BCUT2D eigenvalue weighted by Gasteiger charge is -2.40. The second-order valence-electron chi connectivity index (χ2n) is 19.7. The standard InChI is InChI=1S/C53H49F12NO2.BrH/c1-28(36-17-13-15-29-14-11-12-16-37(29)36)66(8)26-40-38(24-42(48(2,3)4)46(67-9)44(40)30-18-32(50(54,55)56)22-33(19-30)51(57,58)59)39-25-43(49(5,6)7)47(68-10)45(41(39)27-66)31-20-34(52(60,61)62)23-35(21-31)53(63,64)65;/h11-24,28H,26-27H2,1-10H3;1H/q+2;/t28?,66-;/m0./s1. The van der Waals surface area contributed by atoms with Crippen LogP contribution in [0.5, 0.6) is 5.75 Å². The molecule has 368 valence electrons. The molecule has 2 atom stereocenters. The Morgan fingerprint density at radius 3 is 1.55 bits per heavy atom. The van der Waals surface area contributed by atoms with Crippen molar-refractivity contribution in [1.82, 2.24) is 0 Å². The van der Waals surface area contributed by atoms with E-state index in [0.717, 1.165) is 16.3 Å². The maximum absolute atomic E-state index is 14.7. The zero-order valence-corrected chi connectivity index (χ0v) is 41.0. The van der Waals surface area contributed by atoms with Gasteiger partial charge < -0.3 is 14.0 Å². The van der Waals surface area contributed by atoms with Crippen LogP contribution < -0.4 is 4.74 Å². The van der Waals surface area contributed by atoms with E-state index in [0.29, 0.717) is 29.8 Å². The summed E-state index contributed by atoms with van der Waals surface area (Å²) in [7, 11) is 4.29. The number of nitrogens with zero attached hydrogens (tertiary/aromatic N) is 1. The highest BCUT2D eigenvalue weighted by molar-refractivity contribution is 8.93. The second-order valence-corrected chi connectivity index (χ2v) is 19.7. The Labute approximate surface area is 403 Å². The van der Waals surface area contributed by atoms with E-state index in [1.54, 1.807) is 54.7 Å². The Balaban J connectivity index is 0.00000782. The lowest BCUT2D eigenvalue weighted by Crippen LogP contribution is -2.46. The van der Waals surface area contributed by atoms with Crippen molar-refractivity contribution in [2.75, 3.05) is 27.8 Å². The Kier molecular flexibility index (Phi) is 13.7. The van der Waals surface area contributed by atoms with Crippen molar-refractivity contribution >= 4 is 38.9 Å². The average molecular weight is 1040 g/mol. The van der Waals surface area contributed by atoms with Gasteiger partial charge in [-0.1, -0.05) is 84.0 Å². The number of methoxy groups -OCH3 is 2. The number of ether oxygens (including phenoxy) is 2. The van der Waals surface area contributed by atoms with Crippen LogP contribution >= 0.6 is 17.0 Å². The van der Waals surface area contributed by atoms with Crippen LogP contribution in [0.15, 0.2) is 102 Å². The predicted octanol–water partition coefficient (Wildman–Crippen LogP) is 16.8. The molecule has 1 aliphatic carbocycles. The van der Waals surface area contributed by atoms with E-state index in [2.05, 4.69) is 6.08 Å².